The van der Waals surface area contributed by atoms with E-state index < -0.39 is 18.5 Å². The molecule has 0 fully saturated rings. The molecule has 0 radical (unpaired) electrons. The summed E-state index contributed by atoms with van der Waals surface area (Å²) in [6.45, 7) is -0.635. The molecule has 0 saturated carbocycles. The molecule has 0 atom stereocenters. The second kappa shape index (κ2) is 4.11. The minimum Gasteiger partial charge on any atom is -0.479 e. The Kier molecular flexibility index (Phi) is 2.87. The third kappa shape index (κ3) is 2.83. The van der Waals surface area contributed by atoms with Crippen LogP contribution >= 0.6 is 0 Å². The van der Waals surface area contributed by atoms with Crippen LogP contribution in [0.2, 0.25) is 0 Å². The number of carbonyl (C=O) groups excluding carboxylic acids is 1. The Hall–Kier alpha value is -2.03. The van der Waals surface area contributed by atoms with Crippen molar-refractivity contribution in [1.82, 2.24) is 26.1 Å². The van der Waals surface area contributed by atoms with Crippen LogP contribution in [0.1, 0.15) is 10.6 Å². The van der Waals surface area contributed by atoms with Gasteiger partial charge in [-0.25, -0.2) is 10.3 Å². The number of rotatable bonds is 4. The Morgan fingerprint density at radius 3 is 2.92 bits per heavy atom. The zero-order valence-corrected chi connectivity index (χ0v) is 6.22. The average molecular weight is 187 g/mol. The number of carboxylic acids is 1. The molecule has 0 saturated heterocycles. The number of hydroxylamine groups is 1. The molecule has 1 amide bonds. The van der Waals surface area contributed by atoms with Crippen LogP contribution in [-0.4, -0.2) is 44.2 Å². The van der Waals surface area contributed by atoms with E-state index in [1.54, 1.807) is 0 Å². The van der Waals surface area contributed by atoms with E-state index in [1.807, 2.05) is 5.48 Å². The van der Waals surface area contributed by atoms with Crippen LogP contribution < -0.4 is 5.48 Å². The summed E-state index contributed by atoms with van der Waals surface area (Å²) >= 11 is 0. The quantitative estimate of drug-likeness (QED) is 0.462. The maximum atomic E-state index is 10.9. The SMILES string of the molecule is O=C(O)CONC(=O)c1nn[nH]n1. The molecule has 0 aliphatic rings. The number of tetrazole rings is 1. The first-order valence-electron chi connectivity index (χ1n) is 3.07. The largest absolute Gasteiger partial charge is 0.479 e. The molecular weight excluding hydrogens is 182 g/mol. The number of aliphatic carboxylic acids is 1. The highest BCUT2D eigenvalue weighted by molar-refractivity contribution is 5.89. The van der Waals surface area contributed by atoms with Gasteiger partial charge in [-0.1, -0.05) is 0 Å². The summed E-state index contributed by atoms with van der Waals surface area (Å²) < 4.78 is 0. The van der Waals surface area contributed by atoms with Crippen LogP contribution in [0.5, 0.6) is 0 Å². The lowest BCUT2D eigenvalue weighted by molar-refractivity contribution is -0.144. The van der Waals surface area contributed by atoms with Crippen molar-refractivity contribution in [2.75, 3.05) is 6.61 Å². The number of hydrogen-bond acceptors (Lipinski definition) is 6. The minimum atomic E-state index is -1.20. The van der Waals surface area contributed by atoms with Crippen molar-refractivity contribution >= 4 is 11.9 Å². The van der Waals surface area contributed by atoms with Crippen LogP contribution in [0.4, 0.5) is 0 Å². The number of aromatic nitrogens is 4. The first-order valence-corrected chi connectivity index (χ1v) is 3.07. The van der Waals surface area contributed by atoms with Crippen LogP contribution in [0, 0.1) is 0 Å². The van der Waals surface area contributed by atoms with E-state index in [2.05, 4.69) is 25.5 Å². The van der Waals surface area contributed by atoms with Gasteiger partial charge in [-0.2, -0.15) is 5.21 Å². The molecule has 9 nitrogen and oxygen atoms in total. The van der Waals surface area contributed by atoms with Gasteiger partial charge >= 0.3 is 11.9 Å². The fourth-order valence-corrected chi connectivity index (χ4v) is 0.467. The van der Waals surface area contributed by atoms with Crippen molar-refractivity contribution in [2.24, 2.45) is 0 Å². The van der Waals surface area contributed by atoms with Gasteiger partial charge in [-0.3, -0.25) is 9.63 Å². The van der Waals surface area contributed by atoms with Crippen LogP contribution in [0.25, 0.3) is 0 Å². The average Bonchev–Trinajstić information content (AvgIpc) is 2.55. The zero-order valence-electron chi connectivity index (χ0n) is 6.22. The molecule has 70 valence electrons. The van der Waals surface area contributed by atoms with Gasteiger partial charge in [-0.05, 0) is 5.21 Å². The maximum Gasteiger partial charge on any atom is 0.332 e. The van der Waals surface area contributed by atoms with E-state index in [4.69, 9.17) is 5.11 Å². The summed E-state index contributed by atoms with van der Waals surface area (Å²) in [4.78, 5) is 25.1. The van der Waals surface area contributed by atoms with E-state index in [0.29, 0.717) is 0 Å². The van der Waals surface area contributed by atoms with E-state index >= 15 is 0 Å². The zero-order chi connectivity index (χ0) is 9.68. The third-order valence-electron chi connectivity index (χ3n) is 0.909. The van der Waals surface area contributed by atoms with Crippen LogP contribution in [0.3, 0.4) is 0 Å². The number of carboxylic acid groups (broad SMARTS) is 1. The van der Waals surface area contributed by atoms with Gasteiger partial charge in [0.2, 0.25) is 0 Å². The molecule has 3 N–H and O–H groups in total. The smallest absolute Gasteiger partial charge is 0.332 e. The molecule has 1 rings (SSSR count). The molecule has 0 unspecified atom stereocenters. The number of aromatic amines is 1. The third-order valence-corrected chi connectivity index (χ3v) is 0.909. The molecule has 1 aromatic heterocycles. The lowest BCUT2D eigenvalue weighted by atomic mass is 10.6. The maximum absolute atomic E-state index is 10.9. The highest BCUT2D eigenvalue weighted by Crippen LogP contribution is 1.82. The second-order valence-electron chi connectivity index (χ2n) is 1.85. The number of amides is 1. The highest BCUT2D eigenvalue weighted by Gasteiger charge is 2.10. The first kappa shape index (κ1) is 9.06. The first-order chi connectivity index (χ1) is 6.20. The fraction of sp³-hybridized carbons (Fsp3) is 0.250. The Morgan fingerprint density at radius 1 is 1.62 bits per heavy atom. The number of carbonyl (C=O) groups is 2. The summed E-state index contributed by atoms with van der Waals surface area (Å²) in [5.74, 6) is -2.20. The Morgan fingerprint density at radius 2 is 2.38 bits per heavy atom. The van der Waals surface area contributed by atoms with E-state index in [9.17, 15) is 9.59 Å². The van der Waals surface area contributed by atoms with E-state index in [-0.39, 0.29) is 5.82 Å². The van der Waals surface area contributed by atoms with Gasteiger partial charge in [0.25, 0.3) is 5.82 Å². The van der Waals surface area contributed by atoms with E-state index in [0.717, 1.165) is 0 Å². The molecular formula is C4H5N5O4. The molecule has 0 aliphatic carbocycles. The molecule has 0 spiro atoms. The molecule has 13 heavy (non-hydrogen) atoms. The van der Waals surface area contributed by atoms with Gasteiger partial charge in [0.1, 0.15) is 0 Å². The van der Waals surface area contributed by atoms with Crippen molar-refractivity contribution in [3.63, 3.8) is 0 Å². The van der Waals surface area contributed by atoms with Gasteiger partial charge < -0.3 is 5.11 Å². The van der Waals surface area contributed by atoms with Gasteiger partial charge in [-0.15, -0.1) is 10.2 Å². The lowest BCUT2D eigenvalue weighted by Crippen LogP contribution is -2.27. The molecule has 0 bridgehead atoms. The lowest BCUT2D eigenvalue weighted by Gasteiger charge is -1.98. The van der Waals surface area contributed by atoms with Crippen molar-refractivity contribution in [2.45, 2.75) is 0 Å². The minimum absolute atomic E-state index is 0.231. The Bertz CT molecular complexity index is 295. The van der Waals surface area contributed by atoms with Crippen molar-refractivity contribution in [3.05, 3.63) is 5.82 Å². The summed E-state index contributed by atoms with van der Waals surface area (Å²) in [6, 6.07) is 0. The normalized spacial score (nSPS) is 9.54. The number of H-pyrrole nitrogens is 1. The summed E-state index contributed by atoms with van der Waals surface area (Å²) in [6.07, 6.45) is 0. The summed E-state index contributed by atoms with van der Waals surface area (Å²) in [7, 11) is 0. The van der Waals surface area contributed by atoms with Crippen LogP contribution in [-0.2, 0) is 9.63 Å². The molecule has 0 aliphatic heterocycles. The van der Waals surface area contributed by atoms with Gasteiger partial charge in [0, 0.05) is 0 Å². The standard InChI is InChI=1S/C4H5N5O4/c10-2(11)1-13-7-4(12)3-5-8-9-6-3/h1H2,(H,7,12)(H,10,11)(H,5,6,8,9). The molecule has 9 heteroatoms. The molecule has 0 aromatic carbocycles. The summed E-state index contributed by atoms with van der Waals surface area (Å²) in [5.41, 5.74) is 1.81. The van der Waals surface area contributed by atoms with Crippen molar-refractivity contribution in [1.29, 1.82) is 0 Å². The van der Waals surface area contributed by atoms with Crippen LogP contribution in [0.15, 0.2) is 0 Å². The van der Waals surface area contributed by atoms with Crippen molar-refractivity contribution in [3.8, 4) is 0 Å². The Labute approximate surface area is 71.0 Å². The second-order valence-corrected chi connectivity index (χ2v) is 1.85. The Balaban J connectivity index is 2.31. The summed E-state index contributed by atoms with van der Waals surface area (Å²) in [5, 5.41) is 19.9. The van der Waals surface area contributed by atoms with Gasteiger partial charge in [0.05, 0.1) is 0 Å². The fourth-order valence-electron chi connectivity index (χ4n) is 0.467. The number of hydrogen-bond donors (Lipinski definition) is 3. The number of nitrogens with one attached hydrogen (secondary N) is 2. The topological polar surface area (TPSA) is 130 Å². The monoisotopic (exact) mass is 187 g/mol. The van der Waals surface area contributed by atoms with Gasteiger partial charge in [0.15, 0.2) is 6.61 Å². The van der Waals surface area contributed by atoms with E-state index in [1.165, 1.54) is 0 Å². The predicted molar refractivity (Wildman–Crippen MR) is 35.2 cm³/mol. The predicted octanol–water partition coefficient (Wildman–Crippen LogP) is -2.05. The number of nitrogens with zero attached hydrogens (tertiary/aromatic N) is 3. The highest BCUT2D eigenvalue weighted by atomic mass is 16.7. The molecule has 1 heterocycles. The molecule has 1 aromatic rings. The van der Waals surface area contributed by atoms with Crippen molar-refractivity contribution < 1.29 is 19.5 Å².